The number of hydrogen-bond donors (Lipinski definition) is 1. The zero-order valence-electron chi connectivity index (χ0n) is 73.0. The fourth-order valence-electron chi connectivity index (χ4n) is 16.0. The largest absolute Gasteiger partial charge is 0.459 e. The number of hydrogen-bond acceptors (Lipinski definition) is 16. The second-order valence-corrected chi connectivity index (χ2v) is 41.4. The molecule has 26 heteroatoms. The van der Waals surface area contributed by atoms with Crippen LogP contribution in [0.2, 0.25) is 5.04 Å². The van der Waals surface area contributed by atoms with Gasteiger partial charge in [0.05, 0.1) is 17.8 Å². The van der Waals surface area contributed by atoms with Crippen molar-refractivity contribution in [1.29, 1.82) is 0 Å². The van der Waals surface area contributed by atoms with E-state index in [0.29, 0.717) is 0 Å². The van der Waals surface area contributed by atoms with Crippen molar-refractivity contribution < 1.29 is 75.1 Å². The second-order valence-electron chi connectivity index (χ2n) is 34.9. The Balaban J connectivity index is 2.59. The zero-order valence-corrected chi connectivity index (χ0v) is 74.8. The van der Waals surface area contributed by atoms with Crippen molar-refractivity contribution in [2.24, 2.45) is 59.2 Å². The van der Waals surface area contributed by atoms with Crippen molar-refractivity contribution in [3.8, 4) is 0 Å². The zero-order chi connectivity index (χ0) is 85.7. The average molecular weight is 1600 g/mol. The van der Waals surface area contributed by atoms with Crippen molar-refractivity contribution in [3.05, 3.63) is 72.8 Å². The van der Waals surface area contributed by atoms with Crippen molar-refractivity contribution in [2.45, 2.75) is 262 Å². The van der Waals surface area contributed by atoms with Crippen LogP contribution in [0, 0.1) is 59.2 Å². The van der Waals surface area contributed by atoms with Gasteiger partial charge in [-0.25, -0.2) is 8.42 Å². The Kier molecular flexibility index (Phi) is 38.7. The third kappa shape index (κ3) is 26.3. The Morgan fingerprint density at radius 3 is 1.43 bits per heavy atom. The van der Waals surface area contributed by atoms with E-state index in [0.717, 1.165) is 26.4 Å². The Hall–Kier alpha value is -7.45. The van der Waals surface area contributed by atoms with E-state index in [1.165, 1.54) is 87.7 Å². The number of carbonyl (C=O) groups excluding carboxylic acids is 12. The van der Waals surface area contributed by atoms with Gasteiger partial charge in [0.15, 0.2) is 11.6 Å². The van der Waals surface area contributed by atoms with E-state index in [2.05, 4.69) is 26.1 Å². The van der Waals surface area contributed by atoms with Crippen LogP contribution in [-0.2, 0) is 76.5 Å². The average Bonchev–Trinajstić information content (AvgIpc) is 0.756. The Bertz CT molecular complexity index is 3620. The minimum absolute atomic E-state index is 0.0533. The number of ether oxygens (including phenoxy) is 1. The highest BCUT2D eigenvalue weighted by Crippen LogP contribution is 2.38. The molecule has 2 aromatic rings. The van der Waals surface area contributed by atoms with Gasteiger partial charge in [0.25, 0.3) is 8.32 Å². The molecule has 1 saturated heterocycles. The van der Waals surface area contributed by atoms with Crippen LogP contribution in [0.5, 0.6) is 0 Å². The SMILES string of the molecule is C/C=C/C[C@@H](C)[C@@H](OC(C)=O)[C@H]1C(=O)N[C@@H](CC)C(=O)N(C)[C@H](CCCO[Si](c2ccccc2)(c2ccccc2)C(C)(C)C)C(=O)N(C)[C@@H]([C@H](C)CS(C)(=O)=O)C(=O)C[C@@H](C(C)C)C(=O)N(C)[C@@H](CC(C)C)C(=O)C[C@@H](C)C(=O)C[C@H](C)C(=O)N(C)[C@@H](CC(C)C)C(=O)N(C)[C@@H](CC(C)C)C(=O)N(C)[C@@H](C(C)C)C(=O)N1C. The van der Waals surface area contributed by atoms with Crippen LogP contribution in [0.1, 0.15) is 203 Å². The number of likely N-dealkylation sites (N-methyl/N-ethyl adjacent to an activating group) is 7. The quantitative estimate of drug-likeness (QED) is 0.0443. The summed E-state index contributed by atoms with van der Waals surface area (Å²) in [6, 6.07) is 8.84. The van der Waals surface area contributed by atoms with E-state index in [1.54, 1.807) is 68.4 Å². The van der Waals surface area contributed by atoms with E-state index in [4.69, 9.17) is 9.16 Å². The first-order chi connectivity index (χ1) is 51.9. The minimum Gasteiger partial charge on any atom is -0.459 e. The van der Waals surface area contributed by atoms with Crippen LogP contribution in [0.4, 0.5) is 0 Å². The van der Waals surface area contributed by atoms with Gasteiger partial charge in [-0.3, -0.25) is 57.5 Å². The molecular formula is C86H140N8O16SSi. The number of carbonyl (C=O) groups is 12. The predicted octanol–water partition coefficient (Wildman–Crippen LogP) is 9.47. The molecule has 0 aliphatic carbocycles. The first kappa shape index (κ1) is 98.7. The predicted molar refractivity (Wildman–Crippen MR) is 443 cm³/mol. The summed E-state index contributed by atoms with van der Waals surface area (Å²) in [6.07, 6.45) is 2.63. The number of nitrogens with one attached hydrogen (secondary N) is 1. The van der Waals surface area contributed by atoms with Gasteiger partial charge in [0.1, 0.15) is 58.0 Å². The molecule has 0 spiro atoms. The molecule has 0 saturated carbocycles. The normalized spacial score (nSPS) is 24.7. The summed E-state index contributed by atoms with van der Waals surface area (Å²) in [5.74, 6) is -15.2. The summed E-state index contributed by atoms with van der Waals surface area (Å²) in [4.78, 5) is 192. The fraction of sp³-hybridized carbons (Fsp3) is 0.698. The molecule has 0 aromatic heterocycles. The van der Waals surface area contributed by atoms with Gasteiger partial charge in [-0.1, -0.05) is 197 Å². The molecule has 0 unspecified atom stereocenters. The molecule has 2 aromatic carbocycles. The molecule has 8 amide bonds. The molecule has 1 heterocycles. The lowest BCUT2D eigenvalue weighted by Gasteiger charge is -2.43. The summed E-state index contributed by atoms with van der Waals surface area (Å²) in [6.45, 7) is 35.6. The van der Waals surface area contributed by atoms with Crippen molar-refractivity contribution in [1.82, 2.24) is 39.6 Å². The number of Topliss-reactive ketones (excluding diaryl/α,β-unsaturated/α-hetero) is 3. The van der Waals surface area contributed by atoms with Crippen molar-refractivity contribution in [2.75, 3.05) is 67.9 Å². The van der Waals surface area contributed by atoms with Gasteiger partial charge in [-0.15, -0.1) is 0 Å². The first-order valence-electron chi connectivity index (χ1n) is 40.3. The Morgan fingerprint density at radius 1 is 0.545 bits per heavy atom. The molecule has 630 valence electrons. The van der Waals surface area contributed by atoms with Gasteiger partial charge in [0, 0.05) is 106 Å². The van der Waals surface area contributed by atoms with Gasteiger partial charge >= 0.3 is 5.97 Å². The highest BCUT2D eigenvalue weighted by atomic mass is 32.2. The molecule has 1 fully saturated rings. The van der Waals surface area contributed by atoms with Crippen LogP contribution in [0.3, 0.4) is 0 Å². The first-order valence-corrected chi connectivity index (χ1v) is 44.3. The van der Waals surface area contributed by atoms with Gasteiger partial charge in [-0.2, -0.15) is 0 Å². The Labute approximate surface area is 672 Å². The molecule has 1 aliphatic rings. The molecule has 1 N–H and O–H groups in total. The van der Waals surface area contributed by atoms with E-state index < -0.39 is 202 Å². The highest BCUT2D eigenvalue weighted by molar-refractivity contribution is 7.90. The lowest BCUT2D eigenvalue weighted by Crippen LogP contribution is -2.66. The monoisotopic (exact) mass is 1600 g/mol. The maximum atomic E-state index is 16.2. The number of rotatable bonds is 24. The minimum atomic E-state index is -3.89. The molecule has 1 aliphatic heterocycles. The number of amides is 8. The number of sulfone groups is 1. The topological polar surface area (TPSA) is 292 Å². The summed E-state index contributed by atoms with van der Waals surface area (Å²) in [7, 11) is 2.84. The van der Waals surface area contributed by atoms with Crippen LogP contribution in [-0.4, -0.2) is 244 Å². The standard InChI is InChI=1S/C86H140N8O16SSi/c1-29-31-39-58(13)77(110-62(17)95)76-78(99)87-66(30-2)81(102)88(21)67(44-38-45-109-112(86(18,19)20,63-40-34-32-35-41-63)64-42-36-33-37-43-64)82(103)93(26)75(61(16)52-111(28,107)108)73(98)51-65(56(9)10)80(101)89(22)68(46-53(3)4)72(97)49-59(14)71(96)50-60(15)79(100)90(23)69(47-54(5)6)83(104)91(24)70(48-55(7)8)84(105)92(25)74(57(11)12)85(106)94(76)27/h29,31-37,40-43,53-61,65-70,74-77H,30,38-39,44-52H2,1-28H3,(H,87,99)/b31-29+/t58-,59-,60+,61-,65+,66+,67-,68+,69+,70+,74+,75+,76+,77-/m1/s1. The van der Waals surface area contributed by atoms with Crippen LogP contribution >= 0.6 is 0 Å². The maximum Gasteiger partial charge on any atom is 0.303 e. The lowest BCUT2D eigenvalue weighted by atomic mass is 9.83. The molecule has 0 bridgehead atoms. The number of allylic oxidation sites excluding steroid dienone is 2. The van der Waals surface area contributed by atoms with Crippen LogP contribution < -0.4 is 15.7 Å². The third-order valence-electron chi connectivity index (χ3n) is 22.3. The van der Waals surface area contributed by atoms with Crippen LogP contribution in [0.15, 0.2) is 72.8 Å². The van der Waals surface area contributed by atoms with E-state index in [1.807, 2.05) is 108 Å². The molecule has 24 nitrogen and oxygen atoms in total. The number of nitrogens with zero attached hydrogens (tertiary/aromatic N) is 7. The number of esters is 1. The molecule has 0 radical (unpaired) electrons. The van der Waals surface area contributed by atoms with Gasteiger partial charge < -0.3 is 48.8 Å². The van der Waals surface area contributed by atoms with E-state index >= 15 is 38.4 Å². The summed E-state index contributed by atoms with van der Waals surface area (Å²) in [5.41, 5.74) is 0. The number of benzene rings is 2. The van der Waals surface area contributed by atoms with Gasteiger partial charge in [-0.05, 0) is 109 Å². The van der Waals surface area contributed by atoms with Gasteiger partial charge in [0.2, 0.25) is 47.3 Å². The summed E-state index contributed by atoms with van der Waals surface area (Å²) >= 11 is 0. The summed E-state index contributed by atoms with van der Waals surface area (Å²) in [5, 5.41) is 4.39. The molecule has 112 heavy (non-hydrogen) atoms. The van der Waals surface area contributed by atoms with Crippen LogP contribution in [0.25, 0.3) is 0 Å². The third-order valence-corrected chi connectivity index (χ3v) is 28.5. The van der Waals surface area contributed by atoms with Crippen molar-refractivity contribution in [3.63, 3.8) is 0 Å². The lowest BCUT2D eigenvalue weighted by molar-refractivity contribution is -0.164. The summed E-state index contributed by atoms with van der Waals surface area (Å²) < 4.78 is 40.3. The second kappa shape index (κ2) is 43.9. The Morgan fingerprint density at radius 2 is 0.982 bits per heavy atom. The van der Waals surface area contributed by atoms with Crippen molar-refractivity contribution >= 4 is 99.1 Å². The number of ketones is 3. The van der Waals surface area contributed by atoms with E-state index in [9.17, 15) is 27.6 Å². The van der Waals surface area contributed by atoms with E-state index in [-0.39, 0.29) is 82.1 Å². The fourth-order valence-corrected chi connectivity index (χ4v) is 21.8. The molecular weight excluding hydrogens is 1460 g/mol. The highest BCUT2D eigenvalue weighted by Gasteiger charge is 2.52. The molecule has 14 atom stereocenters. The smallest absolute Gasteiger partial charge is 0.303 e. The molecule has 3 rings (SSSR count). The maximum absolute atomic E-state index is 16.2.